The number of carbonyl (C=O) groups is 1. The first-order valence-corrected chi connectivity index (χ1v) is 5.67. The molecule has 0 aromatic heterocycles. The van der Waals surface area contributed by atoms with Crippen LogP contribution in [0.2, 0.25) is 0 Å². The average molecular weight is 270 g/mol. The first-order chi connectivity index (χ1) is 6.80. The largest absolute Gasteiger partial charge is 0.326 e. The van der Waals surface area contributed by atoms with Gasteiger partial charge in [0.25, 0.3) is 0 Å². The molecule has 0 aliphatic rings. The van der Waals surface area contributed by atoms with E-state index < -0.39 is 0 Å². The monoisotopic (exact) mass is 269 g/mol. The van der Waals surface area contributed by atoms with Gasteiger partial charge < -0.3 is 5.32 Å². The minimum Gasteiger partial charge on any atom is -0.326 e. The summed E-state index contributed by atoms with van der Waals surface area (Å²) in [5, 5.41) is 2.85. The summed E-state index contributed by atoms with van der Waals surface area (Å²) < 4.78 is 0.972. The van der Waals surface area contributed by atoms with Crippen molar-refractivity contribution in [2.75, 3.05) is 5.32 Å². The predicted molar refractivity (Wildman–Crippen MR) is 67.1 cm³/mol. The maximum atomic E-state index is 11.1. The fourth-order valence-corrected chi connectivity index (χ4v) is 1.82. The van der Waals surface area contributed by atoms with Gasteiger partial charge in [-0.05, 0) is 23.1 Å². The third kappa shape index (κ3) is 3.34. The number of anilines is 1. The Balaban J connectivity index is 3.20. The summed E-state index contributed by atoms with van der Waals surface area (Å²) in [4.78, 5) is 11.1. The number of hydrogen-bond acceptors (Lipinski definition) is 1. The van der Waals surface area contributed by atoms with Crippen LogP contribution < -0.4 is 5.32 Å². The van der Waals surface area contributed by atoms with Gasteiger partial charge in [0.15, 0.2) is 0 Å². The highest BCUT2D eigenvalue weighted by Crippen LogP contribution is 2.31. The van der Waals surface area contributed by atoms with Crippen molar-refractivity contribution in [3.05, 3.63) is 28.2 Å². The highest BCUT2D eigenvalue weighted by Gasteiger charge is 2.18. The number of benzene rings is 1. The lowest BCUT2D eigenvalue weighted by Crippen LogP contribution is -2.16. The molecule has 0 fully saturated rings. The van der Waals surface area contributed by atoms with Gasteiger partial charge in [-0.1, -0.05) is 42.8 Å². The molecule has 0 spiro atoms. The average Bonchev–Trinajstić information content (AvgIpc) is 1.99. The second-order valence-electron chi connectivity index (χ2n) is 4.62. The van der Waals surface area contributed by atoms with Crippen LogP contribution in [-0.4, -0.2) is 5.91 Å². The molecule has 3 heteroatoms. The summed E-state index contributed by atoms with van der Waals surface area (Å²) in [6.07, 6.45) is 0. The zero-order valence-corrected chi connectivity index (χ0v) is 11.1. The van der Waals surface area contributed by atoms with E-state index >= 15 is 0 Å². The van der Waals surface area contributed by atoms with Gasteiger partial charge in [-0.15, -0.1) is 0 Å². The van der Waals surface area contributed by atoms with E-state index in [-0.39, 0.29) is 11.3 Å². The minimum atomic E-state index is -0.0430. The molecule has 0 aliphatic heterocycles. The quantitative estimate of drug-likeness (QED) is 0.828. The molecule has 0 saturated heterocycles. The molecule has 1 N–H and O–H groups in total. The smallest absolute Gasteiger partial charge is 0.221 e. The number of halogens is 1. The van der Waals surface area contributed by atoms with Crippen molar-refractivity contribution in [3.8, 4) is 0 Å². The third-order valence-corrected chi connectivity index (χ3v) is 2.59. The van der Waals surface area contributed by atoms with E-state index in [0.29, 0.717) is 0 Å². The third-order valence-electron chi connectivity index (χ3n) is 2.10. The lowest BCUT2D eigenvalue weighted by atomic mass is 9.86. The molecule has 1 amide bonds. The van der Waals surface area contributed by atoms with Gasteiger partial charge in [-0.2, -0.15) is 0 Å². The molecule has 0 radical (unpaired) electrons. The van der Waals surface area contributed by atoms with E-state index in [1.165, 1.54) is 6.92 Å². The minimum absolute atomic E-state index is 0.0263. The molecular formula is C12H16BrNO. The summed E-state index contributed by atoms with van der Waals surface area (Å²) in [6.45, 7) is 7.90. The topological polar surface area (TPSA) is 29.1 Å². The summed E-state index contributed by atoms with van der Waals surface area (Å²) in [7, 11) is 0. The zero-order valence-electron chi connectivity index (χ0n) is 9.52. The van der Waals surface area contributed by atoms with Crippen molar-refractivity contribution in [1.82, 2.24) is 0 Å². The standard InChI is InChI=1S/C12H16BrNO/c1-8(15)14-11-7-9(13)5-6-10(11)12(2,3)4/h5-7H,1-4H3,(H,14,15). The van der Waals surface area contributed by atoms with Crippen molar-refractivity contribution in [1.29, 1.82) is 0 Å². The number of rotatable bonds is 1. The van der Waals surface area contributed by atoms with Crippen LogP contribution in [0.1, 0.15) is 33.3 Å². The molecule has 0 unspecified atom stereocenters. The maximum absolute atomic E-state index is 11.1. The van der Waals surface area contributed by atoms with Crippen molar-refractivity contribution in [2.24, 2.45) is 0 Å². The van der Waals surface area contributed by atoms with Gasteiger partial charge in [0.2, 0.25) is 5.91 Å². The van der Waals surface area contributed by atoms with E-state index in [1.807, 2.05) is 18.2 Å². The van der Waals surface area contributed by atoms with Crippen molar-refractivity contribution < 1.29 is 4.79 Å². The Hall–Kier alpha value is -0.830. The Morgan fingerprint density at radius 2 is 1.93 bits per heavy atom. The molecule has 1 aromatic rings. The highest BCUT2D eigenvalue weighted by molar-refractivity contribution is 9.10. The SMILES string of the molecule is CC(=O)Nc1cc(Br)ccc1C(C)(C)C. The van der Waals surface area contributed by atoms with E-state index in [2.05, 4.69) is 42.0 Å². The second kappa shape index (κ2) is 4.35. The Bertz CT molecular complexity index is 380. The van der Waals surface area contributed by atoms with Crippen molar-refractivity contribution in [2.45, 2.75) is 33.1 Å². The summed E-state index contributed by atoms with van der Waals surface area (Å²) in [5.74, 6) is -0.0430. The van der Waals surface area contributed by atoms with Gasteiger partial charge in [-0.3, -0.25) is 4.79 Å². The molecule has 0 aliphatic carbocycles. The lowest BCUT2D eigenvalue weighted by Gasteiger charge is -2.23. The number of hydrogen-bond donors (Lipinski definition) is 1. The van der Waals surface area contributed by atoms with Crippen LogP contribution >= 0.6 is 15.9 Å². The van der Waals surface area contributed by atoms with Gasteiger partial charge in [0.1, 0.15) is 0 Å². The lowest BCUT2D eigenvalue weighted by molar-refractivity contribution is -0.114. The molecule has 82 valence electrons. The Morgan fingerprint density at radius 1 is 1.33 bits per heavy atom. The van der Waals surface area contributed by atoms with Crippen LogP contribution in [0, 0.1) is 0 Å². The summed E-state index contributed by atoms with van der Waals surface area (Å²) >= 11 is 3.40. The van der Waals surface area contributed by atoms with E-state index in [1.54, 1.807) is 0 Å². The summed E-state index contributed by atoms with van der Waals surface area (Å²) in [5.41, 5.74) is 2.05. The molecule has 0 saturated carbocycles. The van der Waals surface area contributed by atoms with Crippen LogP contribution in [-0.2, 0) is 10.2 Å². The molecule has 15 heavy (non-hydrogen) atoms. The van der Waals surface area contributed by atoms with E-state index in [0.717, 1.165) is 15.7 Å². The molecule has 1 rings (SSSR count). The zero-order chi connectivity index (χ0) is 11.6. The van der Waals surface area contributed by atoms with Crippen LogP contribution in [0.3, 0.4) is 0 Å². The molecule has 2 nitrogen and oxygen atoms in total. The van der Waals surface area contributed by atoms with Crippen LogP contribution in [0.4, 0.5) is 5.69 Å². The van der Waals surface area contributed by atoms with Crippen molar-refractivity contribution >= 4 is 27.5 Å². The van der Waals surface area contributed by atoms with Gasteiger partial charge in [0, 0.05) is 17.1 Å². The number of amides is 1. The summed E-state index contributed by atoms with van der Waals surface area (Å²) in [6, 6.07) is 5.96. The van der Waals surface area contributed by atoms with Gasteiger partial charge >= 0.3 is 0 Å². The van der Waals surface area contributed by atoms with Gasteiger partial charge in [0.05, 0.1) is 0 Å². The number of nitrogens with one attached hydrogen (secondary N) is 1. The Labute approximate surface area is 99.2 Å². The molecule has 0 bridgehead atoms. The highest BCUT2D eigenvalue weighted by atomic mass is 79.9. The first kappa shape index (κ1) is 12.2. The van der Waals surface area contributed by atoms with Gasteiger partial charge in [-0.25, -0.2) is 0 Å². The normalized spacial score (nSPS) is 11.3. The second-order valence-corrected chi connectivity index (χ2v) is 5.54. The van der Waals surface area contributed by atoms with Crippen LogP contribution in [0.15, 0.2) is 22.7 Å². The van der Waals surface area contributed by atoms with Crippen LogP contribution in [0.25, 0.3) is 0 Å². The first-order valence-electron chi connectivity index (χ1n) is 4.88. The number of carbonyl (C=O) groups excluding carboxylic acids is 1. The molecule has 1 aromatic carbocycles. The van der Waals surface area contributed by atoms with E-state index in [9.17, 15) is 4.79 Å². The Morgan fingerprint density at radius 3 is 2.40 bits per heavy atom. The fourth-order valence-electron chi connectivity index (χ4n) is 1.46. The molecule has 0 heterocycles. The maximum Gasteiger partial charge on any atom is 0.221 e. The predicted octanol–water partition coefficient (Wildman–Crippen LogP) is 3.71. The fraction of sp³-hybridized carbons (Fsp3) is 0.417. The molecular weight excluding hydrogens is 254 g/mol. The van der Waals surface area contributed by atoms with E-state index in [4.69, 9.17) is 0 Å². The molecule has 0 atom stereocenters. The Kier molecular flexibility index (Phi) is 3.55. The van der Waals surface area contributed by atoms with Crippen LogP contribution in [0.5, 0.6) is 0 Å². The van der Waals surface area contributed by atoms with Crippen molar-refractivity contribution in [3.63, 3.8) is 0 Å².